The molecule has 1 aliphatic heterocycles. The maximum absolute atomic E-state index is 11.6. The Bertz CT molecular complexity index is 918. The van der Waals surface area contributed by atoms with Crippen LogP contribution in [0.2, 0.25) is 0 Å². The maximum Gasteiger partial charge on any atom is 0.408 e. The minimum atomic E-state index is -0.559. The van der Waals surface area contributed by atoms with Gasteiger partial charge in [-0.3, -0.25) is 14.3 Å². The first-order valence-electron chi connectivity index (χ1n) is 11.8. The normalized spacial score (nSPS) is 17.3. The third-order valence-electron chi connectivity index (χ3n) is 3.92. The SMILES string of the molecule is CC(C)(C)OC(=O)NC1C(=O)NC1SC(C)(C)C.CC(C)(C)OC(=O)NCCn1cc(COC=O)nn1. The summed E-state index contributed by atoms with van der Waals surface area (Å²) < 4.78 is 16.3. The Morgan fingerprint density at radius 1 is 1.08 bits per heavy atom. The molecule has 1 saturated heterocycles. The highest BCUT2D eigenvalue weighted by atomic mass is 32.2. The van der Waals surface area contributed by atoms with E-state index in [1.54, 1.807) is 64.2 Å². The fraction of sp³-hybridized carbons (Fsp3) is 0.739. The summed E-state index contributed by atoms with van der Waals surface area (Å²) in [6.07, 6.45) is 0.610. The standard InChI is InChI=1S/C12H22N2O3S.C11H18N4O4/c1-11(2,3)17-10(16)13-7-8(15)14-9(7)18-12(4,5)6;1-11(2,3)19-10(17)12-4-5-15-6-9(13-14-15)7-18-8-16/h7,9H,1-6H3,(H,13,16)(H,14,15);6,8H,4-5,7H2,1-3H3,(H,12,17). The topological polar surface area (TPSA) is 163 Å². The van der Waals surface area contributed by atoms with E-state index in [1.807, 2.05) is 0 Å². The molecule has 1 fully saturated rings. The molecular formula is C23H40N6O7S. The highest BCUT2D eigenvalue weighted by Crippen LogP contribution is 2.32. The Hall–Kier alpha value is -3.03. The first kappa shape index (κ1) is 32.0. The van der Waals surface area contributed by atoms with Crippen LogP contribution in [0.3, 0.4) is 0 Å². The summed E-state index contributed by atoms with van der Waals surface area (Å²) in [4.78, 5) is 44.4. The van der Waals surface area contributed by atoms with Crippen LogP contribution in [0.1, 0.15) is 68.0 Å². The molecule has 13 nitrogen and oxygen atoms in total. The van der Waals surface area contributed by atoms with E-state index < -0.39 is 29.4 Å². The van der Waals surface area contributed by atoms with Crippen molar-refractivity contribution >= 4 is 36.3 Å². The zero-order valence-electron chi connectivity index (χ0n) is 23.0. The molecule has 2 heterocycles. The van der Waals surface area contributed by atoms with E-state index in [0.29, 0.717) is 25.3 Å². The molecule has 0 aliphatic carbocycles. The minimum Gasteiger partial charge on any atom is -0.461 e. The molecule has 2 atom stereocenters. The molecule has 1 aromatic heterocycles. The van der Waals surface area contributed by atoms with Crippen LogP contribution in [-0.2, 0) is 37.0 Å². The number of thioether (sulfide) groups is 1. The number of aromatic nitrogens is 3. The molecular weight excluding hydrogens is 504 g/mol. The fourth-order valence-corrected chi connectivity index (χ4v) is 3.89. The van der Waals surface area contributed by atoms with Gasteiger partial charge in [0.25, 0.3) is 6.47 Å². The first-order chi connectivity index (χ1) is 16.9. The molecule has 0 aromatic carbocycles. The zero-order chi connectivity index (χ0) is 28.4. The number of carbonyl (C=O) groups is 4. The molecule has 3 N–H and O–H groups in total. The number of hydrogen-bond acceptors (Lipinski definition) is 10. The van der Waals surface area contributed by atoms with Crippen molar-refractivity contribution in [2.24, 2.45) is 0 Å². The average Bonchev–Trinajstić information content (AvgIpc) is 3.15. The van der Waals surface area contributed by atoms with E-state index in [9.17, 15) is 19.2 Å². The van der Waals surface area contributed by atoms with E-state index in [4.69, 9.17) is 9.47 Å². The third-order valence-corrected chi connectivity index (χ3v) is 5.27. The maximum atomic E-state index is 11.6. The number of nitrogens with zero attached hydrogens (tertiary/aromatic N) is 3. The van der Waals surface area contributed by atoms with Crippen molar-refractivity contribution in [3.8, 4) is 0 Å². The molecule has 37 heavy (non-hydrogen) atoms. The third kappa shape index (κ3) is 14.3. The van der Waals surface area contributed by atoms with Gasteiger partial charge >= 0.3 is 12.2 Å². The van der Waals surface area contributed by atoms with Crippen molar-refractivity contribution in [2.45, 2.75) is 103 Å². The summed E-state index contributed by atoms with van der Waals surface area (Å²) in [6.45, 7) is 18.2. The first-order valence-corrected chi connectivity index (χ1v) is 12.7. The van der Waals surface area contributed by atoms with Gasteiger partial charge in [-0.25, -0.2) is 9.59 Å². The lowest BCUT2D eigenvalue weighted by Crippen LogP contribution is -2.68. The second-order valence-electron chi connectivity index (χ2n) is 11.1. The van der Waals surface area contributed by atoms with Gasteiger partial charge in [-0.1, -0.05) is 26.0 Å². The minimum absolute atomic E-state index is 0.0201. The Labute approximate surface area is 222 Å². The van der Waals surface area contributed by atoms with Crippen LogP contribution in [0.15, 0.2) is 6.20 Å². The summed E-state index contributed by atoms with van der Waals surface area (Å²) in [5, 5.41) is 15.5. The van der Waals surface area contributed by atoms with Crippen molar-refractivity contribution in [3.63, 3.8) is 0 Å². The summed E-state index contributed by atoms with van der Waals surface area (Å²) in [5.74, 6) is -0.164. The van der Waals surface area contributed by atoms with Gasteiger partial charge in [0.2, 0.25) is 5.91 Å². The van der Waals surface area contributed by atoms with E-state index in [0.717, 1.165) is 0 Å². The van der Waals surface area contributed by atoms with Gasteiger partial charge in [0.1, 0.15) is 34.9 Å². The second-order valence-corrected chi connectivity index (χ2v) is 13.1. The lowest BCUT2D eigenvalue weighted by Gasteiger charge is -2.39. The van der Waals surface area contributed by atoms with Crippen LogP contribution in [0, 0.1) is 0 Å². The molecule has 0 bridgehead atoms. The number of nitrogens with one attached hydrogen (secondary N) is 3. The number of alkyl carbamates (subject to hydrolysis) is 2. The van der Waals surface area contributed by atoms with Gasteiger partial charge < -0.3 is 30.2 Å². The van der Waals surface area contributed by atoms with Crippen molar-refractivity contribution in [3.05, 3.63) is 11.9 Å². The molecule has 3 amide bonds. The molecule has 0 radical (unpaired) electrons. The van der Waals surface area contributed by atoms with E-state index in [2.05, 4.69) is 51.8 Å². The number of hydrogen-bond donors (Lipinski definition) is 3. The summed E-state index contributed by atoms with van der Waals surface area (Å²) in [5.41, 5.74) is -0.530. The summed E-state index contributed by atoms with van der Waals surface area (Å²) in [6, 6.07) is -0.510. The average molecular weight is 545 g/mol. The number of ether oxygens (including phenoxy) is 3. The van der Waals surface area contributed by atoms with Crippen molar-refractivity contribution in [1.82, 2.24) is 30.9 Å². The smallest absolute Gasteiger partial charge is 0.408 e. The molecule has 0 spiro atoms. The van der Waals surface area contributed by atoms with Crippen molar-refractivity contribution in [1.29, 1.82) is 0 Å². The van der Waals surface area contributed by atoms with Gasteiger partial charge in [0.05, 0.1) is 12.7 Å². The predicted molar refractivity (Wildman–Crippen MR) is 138 cm³/mol. The van der Waals surface area contributed by atoms with Crippen LogP contribution >= 0.6 is 11.8 Å². The quantitative estimate of drug-likeness (QED) is 0.251. The van der Waals surface area contributed by atoms with Crippen LogP contribution in [-0.4, -0.2) is 73.5 Å². The Kier molecular flexibility index (Phi) is 11.7. The molecule has 0 saturated carbocycles. The largest absolute Gasteiger partial charge is 0.461 e. The van der Waals surface area contributed by atoms with E-state index in [1.165, 1.54) is 0 Å². The number of β-lactam (4-membered cyclic amide) rings is 1. The molecule has 1 aliphatic rings. The van der Waals surface area contributed by atoms with Gasteiger partial charge in [0, 0.05) is 11.3 Å². The Morgan fingerprint density at radius 2 is 1.68 bits per heavy atom. The van der Waals surface area contributed by atoms with E-state index in [-0.39, 0.29) is 22.6 Å². The summed E-state index contributed by atoms with van der Waals surface area (Å²) >= 11 is 1.61. The predicted octanol–water partition coefficient (Wildman–Crippen LogP) is 2.34. The van der Waals surface area contributed by atoms with Crippen molar-refractivity contribution < 1.29 is 33.4 Å². The second kappa shape index (κ2) is 13.5. The van der Waals surface area contributed by atoms with Crippen LogP contribution in [0.25, 0.3) is 0 Å². The zero-order valence-corrected chi connectivity index (χ0v) is 23.9. The van der Waals surface area contributed by atoms with Crippen LogP contribution in [0.5, 0.6) is 0 Å². The van der Waals surface area contributed by atoms with Crippen LogP contribution < -0.4 is 16.0 Å². The number of amides is 3. The van der Waals surface area contributed by atoms with Gasteiger partial charge in [-0.05, 0) is 41.5 Å². The molecule has 2 unspecified atom stereocenters. The number of carbonyl (C=O) groups excluding carboxylic acids is 4. The lowest BCUT2D eigenvalue weighted by molar-refractivity contribution is -0.130. The summed E-state index contributed by atoms with van der Waals surface area (Å²) in [7, 11) is 0. The monoisotopic (exact) mass is 544 g/mol. The Morgan fingerprint density at radius 3 is 2.19 bits per heavy atom. The molecule has 1 aromatic rings. The molecule has 14 heteroatoms. The molecule has 2 rings (SSSR count). The van der Waals surface area contributed by atoms with Crippen molar-refractivity contribution in [2.75, 3.05) is 6.54 Å². The van der Waals surface area contributed by atoms with Gasteiger partial charge in [-0.15, -0.1) is 16.9 Å². The highest BCUT2D eigenvalue weighted by molar-refractivity contribution is 8.01. The Balaban J connectivity index is 0.000000371. The number of rotatable bonds is 8. The lowest BCUT2D eigenvalue weighted by atomic mass is 10.1. The highest BCUT2D eigenvalue weighted by Gasteiger charge is 2.43. The van der Waals surface area contributed by atoms with E-state index >= 15 is 0 Å². The molecule has 210 valence electrons. The van der Waals surface area contributed by atoms with Gasteiger partial charge in [0.15, 0.2) is 0 Å². The van der Waals surface area contributed by atoms with Crippen LogP contribution in [0.4, 0.5) is 9.59 Å². The fourth-order valence-electron chi connectivity index (χ4n) is 2.63. The van der Waals surface area contributed by atoms with Gasteiger partial charge in [-0.2, -0.15) is 0 Å².